The van der Waals surface area contributed by atoms with Crippen LogP contribution in [0.3, 0.4) is 0 Å². The van der Waals surface area contributed by atoms with E-state index >= 15 is 0 Å². The minimum Gasteiger partial charge on any atom is -0.389 e. The maximum Gasteiger partial charge on any atom is 0.131 e. The van der Waals surface area contributed by atoms with Crippen LogP contribution in [0.1, 0.15) is 38.9 Å². The van der Waals surface area contributed by atoms with E-state index in [0.29, 0.717) is 30.1 Å². The highest BCUT2D eigenvalue weighted by molar-refractivity contribution is 5.55. The minimum atomic E-state index is -0.868. The molecular formula is C15H21FN2O. The molecule has 0 saturated heterocycles. The summed E-state index contributed by atoms with van der Waals surface area (Å²) >= 11 is 0. The van der Waals surface area contributed by atoms with Gasteiger partial charge in [-0.1, -0.05) is 19.9 Å². The monoisotopic (exact) mass is 264 g/mol. The molecule has 19 heavy (non-hydrogen) atoms. The molecule has 1 rings (SSSR count). The maximum absolute atomic E-state index is 13.9. The summed E-state index contributed by atoms with van der Waals surface area (Å²) in [4.78, 5) is 1.97. The number of halogens is 1. The zero-order chi connectivity index (χ0) is 14.4. The molecule has 0 aliphatic heterocycles. The van der Waals surface area contributed by atoms with Gasteiger partial charge in [0, 0.05) is 24.3 Å². The van der Waals surface area contributed by atoms with Gasteiger partial charge in [-0.2, -0.15) is 5.26 Å². The minimum absolute atomic E-state index is 0.307. The van der Waals surface area contributed by atoms with E-state index in [1.54, 1.807) is 19.1 Å². The second-order valence-corrected chi connectivity index (χ2v) is 5.10. The quantitative estimate of drug-likeness (QED) is 0.858. The van der Waals surface area contributed by atoms with E-state index in [4.69, 9.17) is 5.26 Å². The Kier molecular flexibility index (Phi) is 5.78. The van der Waals surface area contributed by atoms with E-state index in [1.807, 2.05) is 4.90 Å². The van der Waals surface area contributed by atoms with Gasteiger partial charge in [-0.3, -0.25) is 0 Å². The van der Waals surface area contributed by atoms with Crippen molar-refractivity contribution in [3.8, 4) is 6.07 Å². The predicted octanol–water partition coefficient (Wildman–Crippen LogP) is 3.26. The Morgan fingerprint density at radius 3 is 2.58 bits per heavy atom. The van der Waals surface area contributed by atoms with Crippen LogP contribution in [-0.4, -0.2) is 18.2 Å². The summed E-state index contributed by atoms with van der Waals surface area (Å²) in [6.07, 6.45) is -0.490. The van der Waals surface area contributed by atoms with Gasteiger partial charge in [0.05, 0.1) is 18.6 Å². The molecule has 3 nitrogen and oxygen atoms in total. The Labute approximate surface area is 114 Å². The predicted molar refractivity (Wildman–Crippen MR) is 74.3 cm³/mol. The number of nitriles is 1. The van der Waals surface area contributed by atoms with Gasteiger partial charge in [0.1, 0.15) is 5.82 Å². The summed E-state index contributed by atoms with van der Waals surface area (Å²) in [6, 6.07) is 6.89. The van der Waals surface area contributed by atoms with Crippen LogP contribution in [0.2, 0.25) is 0 Å². The van der Waals surface area contributed by atoms with Crippen LogP contribution in [0.25, 0.3) is 0 Å². The number of hydrogen-bond acceptors (Lipinski definition) is 3. The van der Waals surface area contributed by atoms with Crippen LogP contribution in [0.5, 0.6) is 0 Å². The number of benzene rings is 1. The highest BCUT2D eigenvalue weighted by Crippen LogP contribution is 2.29. The van der Waals surface area contributed by atoms with E-state index in [9.17, 15) is 9.50 Å². The lowest BCUT2D eigenvalue weighted by molar-refractivity contribution is 0.194. The van der Waals surface area contributed by atoms with Crippen molar-refractivity contribution in [2.45, 2.75) is 33.3 Å². The fourth-order valence-corrected chi connectivity index (χ4v) is 2.15. The normalized spacial score (nSPS) is 12.3. The molecular weight excluding hydrogens is 243 g/mol. The van der Waals surface area contributed by atoms with Crippen LogP contribution < -0.4 is 4.90 Å². The number of hydrogen-bond donors (Lipinski definition) is 1. The lowest BCUT2D eigenvalue weighted by atomic mass is 10.0. The number of nitrogens with zero attached hydrogens (tertiary/aromatic N) is 2. The molecule has 0 aliphatic carbocycles. The van der Waals surface area contributed by atoms with Crippen molar-refractivity contribution >= 4 is 5.69 Å². The van der Waals surface area contributed by atoms with E-state index in [2.05, 4.69) is 19.9 Å². The zero-order valence-electron chi connectivity index (χ0n) is 11.7. The van der Waals surface area contributed by atoms with Crippen molar-refractivity contribution in [3.63, 3.8) is 0 Å². The van der Waals surface area contributed by atoms with Crippen LogP contribution in [0.4, 0.5) is 10.1 Å². The SMILES string of the molecule is CC(C)CN(CCC#N)c1cccc(F)c1C(C)O. The molecule has 4 heteroatoms. The molecule has 0 fully saturated rings. The van der Waals surface area contributed by atoms with Gasteiger partial charge in [-0.05, 0) is 25.0 Å². The second kappa shape index (κ2) is 7.10. The summed E-state index contributed by atoms with van der Waals surface area (Å²) < 4.78 is 13.9. The molecule has 0 saturated carbocycles. The van der Waals surface area contributed by atoms with E-state index in [0.717, 1.165) is 6.54 Å². The van der Waals surface area contributed by atoms with Crippen LogP contribution in [-0.2, 0) is 0 Å². The molecule has 0 heterocycles. The first-order chi connectivity index (χ1) is 8.97. The Balaban J connectivity index is 3.14. The van der Waals surface area contributed by atoms with Gasteiger partial charge in [-0.15, -0.1) is 0 Å². The molecule has 0 aliphatic rings. The Hall–Kier alpha value is -1.60. The number of aliphatic hydroxyl groups excluding tert-OH is 1. The maximum atomic E-state index is 13.9. The molecule has 0 spiro atoms. The lowest BCUT2D eigenvalue weighted by Gasteiger charge is -2.29. The van der Waals surface area contributed by atoms with Crippen molar-refractivity contribution < 1.29 is 9.50 Å². The number of rotatable bonds is 6. The molecule has 0 amide bonds. The Morgan fingerprint density at radius 2 is 2.05 bits per heavy atom. The van der Waals surface area contributed by atoms with Crippen molar-refractivity contribution in [2.75, 3.05) is 18.0 Å². The van der Waals surface area contributed by atoms with Gasteiger partial charge in [0.15, 0.2) is 0 Å². The average Bonchev–Trinajstić information content (AvgIpc) is 2.33. The lowest BCUT2D eigenvalue weighted by Crippen LogP contribution is -2.30. The van der Waals surface area contributed by atoms with E-state index in [-0.39, 0.29) is 0 Å². The third-order valence-electron chi connectivity index (χ3n) is 2.87. The van der Waals surface area contributed by atoms with Gasteiger partial charge in [0.2, 0.25) is 0 Å². The molecule has 0 radical (unpaired) electrons. The molecule has 1 unspecified atom stereocenters. The van der Waals surface area contributed by atoms with Crippen molar-refractivity contribution in [2.24, 2.45) is 5.92 Å². The first-order valence-corrected chi connectivity index (χ1v) is 6.55. The summed E-state index contributed by atoms with van der Waals surface area (Å²) in [6.45, 7) is 6.96. The molecule has 0 aromatic heterocycles. The average molecular weight is 264 g/mol. The highest BCUT2D eigenvalue weighted by Gasteiger charge is 2.18. The van der Waals surface area contributed by atoms with Gasteiger partial charge >= 0.3 is 0 Å². The molecule has 1 aromatic carbocycles. The third kappa shape index (κ3) is 4.22. The van der Waals surface area contributed by atoms with Crippen LogP contribution in [0, 0.1) is 23.1 Å². The Bertz CT molecular complexity index is 452. The Morgan fingerprint density at radius 1 is 1.37 bits per heavy atom. The van der Waals surface area contributed by atoms with Crippen molar-refractivity contribution in [1.29, 1.82) is 5.26 Å². The van der Waals surface area contributed by atoms with Gasteiger partial charge < -0.3 is 10.0 Å². The van der Waals surface area contributed by atoms with E-state index < -0.39 is 11.9 Å². The fraction of sp³-hybridized carbons (Fsp3) is 0.533. The molecule has 1 aromatic rings. The van der Waals surface area contributed by atoms with E-state index in [1.165, 1.54) is 6.07 Å². The molecule has 0 bridgehead atoms. The third-order valence-corrected chi connectivity index (χ3v) is 2.87. The number of aliphatic hydroxyl groups is 1. The van der Waals surface area contributed by atoms with Gasteiger partial charge in [0.25, 0.3) is 0 Å². The summed E-state index contributed by atoms with van der Waals surface area (Å²) in [5.41, 5.74) is 0.986. The molecule has 104 valence electrons. The summed E-state index contributed by atoms with van der Waals surface area (Å²) in [5, 5.41) is 18.5. The summed E-state index contributed by atoms with van der Waals surface area (Å²) in [7, 11) is 0. The topological polar surface area (TPSA) is 47.3 Å². The zero-order valence-corrected chi connectivity index (χ0v) is 11.7. The van der Waals surface area contributed by atoms with Crippen LogP contribution in [0.15, 0.2) is 18.2 Å². The second-order valence-electron chi connectivity index (χ2n) is 5.10. The first kappa shape index (κ1) is 15.5. The van der Waals surface area contributed by atoms with Crippen molar-refractivity contribution in [1.82, 2.24) is 0 Å². The standard InChI is InChI=1S/C15H21FN2O/c1-11(2)10-18(9-5-8-17)14-7-4-6-13(16)15(14)12(3)19/h4,6-7,11-12,19H,5,9-10H2,1-3H3. The van der Waals surface area contributed by atoms with Crippen LogP contribution >= 0.6 is 0 Å². The highest BCUT2D eigenvalue weighted by atomic mass is 19.1. The molecule has 1 atom stereocenters. The first-order valence-electron chi connectivity index (χ1n) is 6.55. The number of anilines is 1. The fourth-order valence-electron chi connectivity index (χ4n) is 2.15. The largest absolute Gasteiger partial charge is 0.389 e. The summed E-state index contributed by atoms with van der Waals surface area (Å²) in [5.74, 6) is -0.0120. The van der Waals surface area contributed by atoms with Crippen molar-refractivity contribution in [3.05, 3.63) is 29.6 Å². The van der Waals surface area contributed by atoms with Gasteiger partial charge in [-0.25, -0.2) is 4.39 Å². The molecule has 1 N–H and O–H groups in total. The smallest absolute Gasteiger partial charge is 0.131 e.